The molecular formula is C32H41ClN12O2. The Morgan fingerprint density at radius 3 is 1.89 bits per heavy atom. The summed E-state index contributed by atoms with van der Waals surface area (Å²) in [6.45, 7) is 5.87. The number of likely N-dealkylation sites (N-methyl/N-ethyl adjacent to an activating group) is 2. The van der Waals surface area contributed by atoms with Gasteiger partial charge in [0.05, 0.1) is 18.7 Å². The van der Waals surface area contributed by atoms with Gasteiger partial charge >= 0.3 is 0 Å². The van der Waals surface area contributed by atoms with Crippen LogP contribution in [0.25, 0.3) is 5.95 Å². The molecule has 1 N–H and O–H groups in total. The second kappa shape index (κ2) is 13.3. The smallest absolute Gasteiger partial charge is 0.252 e. The number of hydrogen-bond donors (Lipinski definition) is 1. The first kappa shape index (κ1) is 32.4. The van der Waals surface area contributed by atoms with Gasteiger partial charge in [-0.05, 0) is 63.0 Å². The molecule has 248 valence electrons. The van der Waals surface area contributed by atoms with Crippen LogP contribution in [0.1, 0.15) is 65.2 Å². The van der Waals surface area contributed by atoms with Gasteiger partial charge in [0.25, 0.3) is 11.8 Å². The number of nitrogens with zero attached hydrogens (tertiary/aromatic N) is 11. The molecule has 0 bridgehead atoms. The number of imidazole rings is 2. The molecular weight excluding hydrogens is 620 g/mol. The molecule has 14 nitrogen and oxygen atoms in total. The Labute approximate surface area is 279 Å². The number of fused-ring (bicyclic) bond motifs is 6. The van der Waals surface area contributed by atoms with Gasteiger partial charge in [-0.15, -0.1) is 0 Å². The summed E-state index contributed by atoms with van der Waals surface area (Å²) < 4.78 is 1.79. The minimum absolute atomic E-state index is 0.146. The van der Waals surface area contributed by atoms with Crippen LogP contribution in [0.4, 0.5) is 23.0 Å². The number of carbonyl (C=O) groups excluding carboxylic acids is 2. The number of rotatable bonds is 3. The summed E-state index contributed by atoms with van der Waals surface area (Å²) >= 11 is 5.93. The molecule has 4 aliphatic heterocycles. The maximum Gasteiger partial charge on any atom is 0.252 e. The normalized spacial score (nSPS) is 23.0. The van der Waals surface area contributed by atoms with E-state index in [-0.39, 0.29) is 17.1 Å². The van der Waals surface area contributed by atoms with Crippen LogP contribution >= 0.6 is 11.6 Å². The molecule has 4 aromatic rings. The van der Waals surface area contributed by atoms with Gasteiger partial charge < -0.3 is 24.6 Å². The molecule has 15 heteroatoms. The van der Waals surface area contributed by atoms with E-state index in [0.29, 0.717) is 5.95 Å². The van der Waals surface area contributed by atoms with Crippen LogP contribution in [0, 0.1) is 0 Å². The predicted octanol–water partition coefficient (Wildman–Crippen LogP) is 4.43. The van der Waals surface area contributed by atoms with Crippen molar-refractivity contribution in [2.24, 2.45) is 0 Å². The molecule has 0 saturated carbocycles. The van der Waals surface area contributed by atoms with E-state index in [1.807, 2.05) is 13.2 Å². The van der Waals surface area contributed by atoms with E-state index in [0.717, 1.165) is 87.5 Å². The minimum Gasteiger partial charge on any atom is -0.351 e. The Morgan fingerprint density at radius 2 is 1.40 bits per heavy atom. The second-order valence-corrected chi connectivity index (χ2v) is 12.5. The number of H-pyrrole nitrogens is 1. The van der Waals surface area contributed by atoms with Crippen LogP contribution < -0.4 is 19.6 Å². The van der Waals surface area contributed by atoms with Gasteiger partial charge in [0.1, 0.15) is 28.8 Å². The molecule has 0 spiro atoms. The molecule has 2 unspecified atom stereocenters. The first-order valence-electron chi connectivity index (χ1n) is 16.2. The van der Waals surface area contributed by atoms with Gasteiger partial charge in [0.2, 0.25) is 11.2 Å². The lowest BCUT2D eigenvalue weighted by Gasteiger charge is -2.51. The highest BCUT2D eigenvalue weighted by atomic mass is 35.5. The third kappa shape index (κ3) is 5.57. The molecule has 2 fully saturated rings. The summed E-state index contributed by atoms with van der Waals surface area (Å²) in [4.78, 5) is 61.5. The average Bonchev–Trinajstić information content (AvgIpc) is 3.88. The number of carbonyl (C=O) groups is 2. The van der Waals surface area contributed by atoms with Crippen molar-refractivity contribution in [1.29, 1.82) is 0 Å². The van der Waals surface area contributed by atoms with Crippen molar-refractivity contribution in [3.8, 4) is 5.95 Å². The summed E-state index contributed by atoms with van der Waals surface area (Å²) in [5, 5.41) is 0.233. The number of nitrogens with one attached hydrogen (secondary N) is 1. The Balaban J connectivity index is 0.000000145. The molecule has 0 aliphatic carbocycles. The van der Waals surface area contributed by atoms with Crippen LogP contribution in [0.3, 0.4) is 0 Å². The fourth-order valence-corrected chi connectivity index (χ4v) is 7.44. The largest absolute Gasteiger partial charge is 0.351 e. The van der Waals surface area contributed by atoms with Crippen LogP contribution in [0.2, 0.25) is 5.28 Å². The van der Waals surface area contributed by atoms with E-state index in [2.05, 4.69) is 53.6 Å². The maximum absolute atomic E-state index is 13.0. The molecule has 0 aromatic carbocycles. The maximum atomic E-state index is 13.0. The van der Waals surface area contributed by atoms with Crippen molar-refractivity contribution in [3.63, 3.8) is 0 Å². The quantitative estimate of drug-likeness (QED) is 0.313. The number of amides is 2. The molecule has 2 atom stereocenters. The van der Waals surface area contributed by atoms with Gasteiger partial charge in [-0.3, -0.25) is 14.2 Å². The third-order valence-electron chi connectivity index (χ3n) is 9.89. The molecule has 47 heavy (non-hydrogen) atoms. The van der Waals surface area contributed by atoms with Crippen molar-refractivity contribution >= 4 is 46.4 Å². The van der Waals surface area contributed by atoms with E-state index >= 15 is 0 Å². The summed E-state index contributed by atoms with van der Waals surface area (Å²) in [5.41, 5.74) is 0.628. The van der Waals surface area contributed by atoms with Crippen molar-refractivity contribution < 1.29 is 9.59 Å². The number of aromatic amines is 1. The molecule has 2 amide bonds. The first-order chi connectivity index (χ1) is 22.8. The number of aromatic nitrogens is 8. The second-order valence-electron chi connectivity index (χ2n) is 12.2. The van der Waals surface area contributed by atoms with E-state index in [1.54, 1.807) is 65.1 Å². The third-order valence-corrected chi connectivity index (χ3v) is 10.1. The zero-order valence-electron chi connectivity index (χ0n) is 27.3. The fraction of sp³-hybridized carbons (Fsp3) is 0.500. The summed E-state index contributed by atoms with van der Waals surface area (Å²) in [7, 11) is 3.62. The minimum atomic E-state index is -0.458. The molecule has 8 rings (SSSR count). The lowest BCUT2D eigenvalue weighted by atomic mass is 9.81. The molecule has 0 radical (unpaired) electrons. The zero-order valence-corrected chi connectivity index (χ0v) is 28.1. The van der Waals surface area contributed by atoms with Crippen molar-refractivity contribution in [2.45, 2.75) is 76.3 Å². The van der Waals surface area contributed by atoms with E-state index < -0.39 is 11.1 Å². The Bertz CT molecular complexity index is 1680. The van der Waals surface area contributed by atoms with Crippen LogP contribution in [0.5, 0.6) is 0 Å². The Kier molecular flexibility index (Phi) is 9.13. The van der Waals surface area contributed by atoms with Crippen LogP contribution in [-0.2, 0) is 9.59 Å². The van der Waals surface area contributed by atoms with Crippen LogP contribution in [0.15, 0.2) is 49.8 Å². The highest BCUT2D eigenvalue weighted by molar-refractivity contribution is 6.28. The van der Waals surface area contributed by atoms with E-state index in [1.165, 1.54) is 0 Å². The summed E-state index contributed by atoms with van der Waals surface area (Å²) in [5.74, 6) is 2.54. The zero-order chi connectivity index (χ0) is 33.2. The van der Waals surface area contributed by atoms with Gasteiger partial charge in [-0.2, -0.15) is 9.97 Å². The highest BCUT2D eigenvalue weighted by Crippen LogP contribution is 2.46. The number of anilines is 4. The molecule has 4 aliphatic rings. The first-order valence-corrected chi connectivity index (χ1v) is 16.6. The van der Waals surface area contributed by atoms with Crippen molar-refractivity contribution in [1.82, 2.24) is 39.5 Å². The van der Waals surface area contributed by atoms with Crippen molar-refractivity contribution in [3.05, 3.63) is 55.1 Å². The molecule has 8 heterocycles. The molecule has 2 saturated heterocycles. The number of hydrogen-bond acceptors (Lipinski definition) is 10. The van der Waals surface area contributed by atoms with Gasteiger partial charge in [-0.1, -0.05) is 13.8 Å². The molecule has 4 aromatic heterocycles. The highest BCUT2D eigenvalue weighted by Gasteiger charge is 2.52. The fourth-order valence-electron chi connectivity index (χ4n) is 7.31. The lowest BCUT2D eigenvalue weighted by molar-refractivity contribution is -0.125. The van der Waals surface area contributed by atoms with Crippen molar-refractivity contribution in [2.75, 3.05) is 46.8 Å². The average molecular weight is 661 g/mol. The van der Waals surface area contributed by atoms with E-state index in [9.17, 15) is 9.59 Å². The van der Waals surface area contributed by atoms with Gasteiger partial charge in [-0.25, -0.2) is 19.9 Å². The summed E-state index contributed by atoms with van der Waals surface area (Å²) in [6, 6.07) is 0. The van der Waals surface area contributed by atoms with Gasteiger partial charge in [0.15, 0.2) is 11.6 Å². The van der Waals surface area contributed by atoms with Crippen LogP contribution in [-0.4, -0.2) is 89.5 Å². The topological polar surface area (TPSA) is 145 Å². The monoisotopic (exact) mass is 660 g/mol. The lowest BCUT2D eigenvalue weighted by Crippen LogP contribution is -2.64. The van der Waals surface area contributed by atoms with Gasteiger partial charge in [0, 0.05) is 52.0 Å². The Hall–Kier alpha value is -4.59. The number of halogens is 1. The SMILES string of the molecule is CCC12CCCCN1c1nc(-n3ccnc3)ncc1N(C)C2=O.CCC12CCCCN1c1nc(Cl)ncc1N(C)C2=O.c1c[nH]cn1. The Morgan fingerprint density at radius 1 is 0.809 bits per heavy atom. The summed E-state index contributed by atoms with van der Waals surface area (Å²) in [6.07, 6.45) is 21.3. The standard InChI is InChI=1S/C16H20N6O.C13H17ClN4O.C3H4N2/c1-3-16-6-4-5-8-22(16)13-12(20(2)14(16)23)10-18-15(19-13)21-9-7-17-11-21;1-3-13-6-4-5-7-18(13)10-9(17(2)11(13)19)8-15-12(14)16-10;1-2-5-3-4-1/h7,9-11H,3-6,8H2,1-2H3;8H,3-7H2,1-2H3;1-3H,(H,4,5). The van der Waals surface area contributed by atoms with E-state index in [4.69, 9.17) is 16.6 Å². The predicted molar refractivity (Wildman–Crippen MR) is 180 cm³/mol. The number of piperidine rings is 2.